The molecule has 2 saturated carbocycles. The molecule has 0 bridgehead atoms. The minimum absolute atomic E-state index is 0.386. The second-order valence-electron chi connectivity index (χ2n) is 6.31. The van der Waals surface area contributed by atoms with Gasteiger partial charge in [0, 0.05) is 0 Å². The standard InChI is InChI=1S/C17H24O3/c18-16(17(19)11-3-1-2-4-12-17)13-5-7-14(8-6-13)20-15-9-10-15/h5-8,15-16,18-19H,1-4,9-12H2. The first kappa shape index (κ1) is 13.9. The summed E-state index contributed by atoms with van der Waals surface area (Å²) in [6, 6.07) is 7.56. The van der Waals surface area contributed by atoms with E-state index in [2.05, 4.69) is 0 Å². The highest BCUT2D eigenvalue weighted by atomic mass is 16.5. The molecule has 2 aliphatic carbocycles. The summed E-state index contributed by atoms with van der Waals surface area (Å²) in [6.45, 7) is 0. The summed E-state index contributed by atoms with van der Waals surface area (Å²) >= 11 is 0. The number of aliphatic hydroxyl groups excluding tert-OH is 1. The molecular weight excluding hydrogens is 252 g/mol. The molecule has 2 aliphatic rings. The molecule has 1 aromatic rings. The molecular formula is C17H24O3. The van der Waals surface area contributed by atoms with Crippen LogP contribution in [0.15, 0.2) is 24.3 Å². The molecule has 110 valence electrons. The Labute approximate surface area is 120 Å². The van der Waals surface area contributed by atoms with Gasteiger partial charge in [0.05, 0.1) is 11.7 Å². The van der Waals surface area contributed by atoms with Crippen molar-refractivity contribution in [3.8, 4) is 5.75 Å². The molecule has 2 fully saturated rings. The fraction of sp³-hybridized carbons (Fsp3) is 0.647. The Bertz CT molecular complexity index is 428. The molecule has 20 heavy (non-hydrogen) atoms. The van der Waals surface area contributed by atoms with E-state index in [1.807, 2.05) is 24.3 Å². The highest BCUT2D eigenvalue weighted by Crippen LogP contribution is 2.38. The number of rotatable bonds is 4. The van der Waals surface area contributed by atoms with Crippen molar-refractivity contribution < 1.29 is 14.9 Å². The maximum absolute atomic E-state index is 10.7. The van der Waals surface area contributed by atoms with Gasteiger partial charge >= 0.3 is 0 Å². The smallest absolute Gasteiger partial charge is 0.119 e. The zero-order valence-corrected chi connectivity index (χ0v) is 11.9. The van der Waals surface area contributed by atoms with Gasteiger partial charge in [0.25, 0.3) is 0 Å². The van der Waals surface area contributed by atoms with Crippen LogP contribution in [0.4, 0.5) is 0 Å². The van der Waals surface area contributed by atoms with Crippen molar-refractivity contribution in [1.29, 1.82) is 0 Å². The molecule has 3 nitrogen and oxygen atoms in total. The summed E-state index contributed by atoms with van der Waals surface area (Å²) in [4.78, 5) is 0. The lowest BCUT2D eigenvalue weighted by Gasteiger charge is -2.32. The first-order valence-electron chi connectivity index (χ1n) is 7.84. The summed E-state index contributed by atoms with van der Waals surface area (Å²) < 4.78 is 5.71. The monoisotopic (exact) mass is 276 g/mol. The van der Waals surface area contributed by atoms with Crippen molar-refractivity contribution >= 4 is 0 Å². The van der Waals surface area contributed by atoms with Crippen molar-refractivity contribution in [3.05, 3.63) is 29.8 Å². The van der Waals surface area contributed by atoms with Crippen LogP contribution in [0.5, 0.6) is 5.75 Å². The van der Waals surface area contributed by atoms with Gasteiger partial charge in [-0.15, -0.1) is 0 Å². The molecule has 1 atom stereocenters. The van der Waals surface area contributed by atoms with E-state index in [9.17, 15) is 10.2 Å². The van der Waals surface area contributed by atoms with E-state index in [1.165, 1.54) is 0 Å². The van der Waals surface area contributed by atoms with Crippen molar-refractivity contribution in [3.63, 3.8) is 0 Å². The minimum atomic E-state index is -0.963. The molecule has 0 heterocycles. The third-order valence-corrected chi connectivity index (χ3v) is 4.50. The molecule has 0 radical (unpaired) electrons. The predicted molar refractivity (Wildman–Crippen MR) is 77.7 cm³/mol. The summed E-state index contributed by atoms with van der Waals surface area (Å²) in [6.07, 6.45) is 7.56. The van der Waals surface area contributed by atoms with Crippen LogP contribution in [-0.2, 0) is 0 Å². The van der Waals surface area contributed by atoms with Crippen molar-refractivity contribution in [1.82, 2.24) is 0 Å². The van der Waals surface area contributed by atoms with Crippen LogP contribution in [-0.4, -0.2) is 21.9 Å². The van der Waals surface area contributed by atoms with Gasteiger partial charge in [0.15, 0.2) is 0 Å². The molecule has 1 unspecified atom stereocenters. The lowest BCUT2D eigenvalue weighted by molar-refractivity contribution is -0.0867. The fourth-order valence-corrected chi connectivity index (χ4v) is 3.03. The van der Waals surface area contributed by atoms with Gasteiger partial charge in [-0.25, -0.2) is 0 Å². The van der Waals surface area contributed by atoms with E-state index in [4.69, 9.17) is 4.74 Å². The Hall–Kier alpha value is -1.06. The number of benzene rings is 1. The van der Waals surface area contributed by atoms with Crippen LogP contribution in [0, 0.1) is 0 Å². The van der Waals surface area contributed by atoms with Crippen LogP contribution >= 0.6 is 0 Å². The summed E-state index contributed by atoms with van der Waals surface area (Å²) in [5.74, 6) is 0.858. The van der Waals surface area contributed by atoms with Crippen LogP contribution in [0.3, 0.4) is 0 Å². The summed E-state index contributed by atoms with van der Waals surface area (Å²) in [5.41, 5.74) is -0.174. The molecule has 3 rings (SSSR count). The van der Waals surface area contributed by atoms with Crippen LogP contribution in [0.1, 0.15) is 63.0 Å². The molecule has 0 spiro atoms. The van der Waals surface area contributed by atoms with E-state index in [0.717, 1.165) is 49.8 Å². The minimum Gasteiger partial charge on any atom is -0.490 e. The second-order valence-corrected chi connectivity index (χ2v) is 6.31. The Balaban J connectivity index is 1.69. The Morgan fingerprint density at radius 3 is 2.15 bits per heavy atom. The van der Waals surface area contributed by atoms with E-state index in [0.29, 0.717) is 18.9 Å². The van der Waals surface area contributed by atoms with Gasteiger partial charge in [-0.05, 0) is 43.4 Å². The molecule has 0 saturated heterocycles. The zero-order chi connectivity index (χ0) is 14.0. The molecule has 0 aliphatic heterocycles. The molecule has 2 N–H and O–H groups in total. The van der Waals surface area contributed by atoms with Crippen molar-refractivity contribution in [2.75, 3.05) is 0 Å². The number of hydrogen-bond donors (Lipinski definition) is 2. The van der Waals surface area contributed by atoms with Gasteiger partial charge in [-0.1, -0.05) is 37.8 Å². The normalized spacial score (nSPS) is 23.9. The van der Waals surface area contributed by atoms with E-state index in [1.54, 1.807) is 0 Å². The highest BCUT2D eigenvalue weighted by molar-refractivity contribution is 5.30. The van der Waals surface area contributed by atoms with Gasteiger partial charge in [-0.2, -0.15) is 0 Å². The van der Waals surface area contributed by atoms with E-state index < -0.39 is 11.7 Å². The van der Waals surface area contributed by atoms with Crippen LogP contribution < -0.4 is 4.74 Å². The first-order valence-corrected chi connectivity index (χ1v) is 7.84. The molecule has 0 amide bonds. The maximum atomic E-state index is 10.7. The van der Waals surface area contributed by atoms with E-state index in [-0.39, 0.29) is 0 Å². The van der Waals surface area contributed by atoms with Crippen LogP contribution in [0.2, 0.25) is 0 Å². The third-order valence-electron chi connectivity index (χ3n) is 4.50. The fourth-order valence-electron chi connectivity index (χ4n) is 3.03. The molecule has 3 heteroatoms. The quantitative estimate of drug-likeness (QED) is 0.829. The van der Waals surface area contributed by atoms with Crippen molar-refractivity contribution in [2.45, 2.75) is 69.2 Å². The number of ether oxygens (including phenoxy) is 1. The average molecular weight is 276 g/mol. The second kappa shape index (κ2) is 5.74. The first-order chi connectivity index (χ1) is 9.67. The average Bonchev–Trinajstić information content (AvgIpc) is 3.27. The Kier molecular flexibility index (Phi) is 3.99. The van der Waals surface area contributed by atoms with Gasteiger partial charge < -0.3 is 14.9 Å². The Morgan fingerprint density at radius 2 is 1.60 bits per heavy atom. The topological polar surface area (TPSA) is 49.7 Å². The predicted octanol–water partition coefficient (Wildman–Crippen LogP) is 3.35. The van der Waals surface area contributed by atoms with Gasteiger partial charge in [0.1, 0.15) is 11.9 Å². The van der Waals surface area contributed by atoms with Gasteiger partial charge in [-0.3, -0.25) is 0 Å². The van der Waals surface area contributed by atoms with Crippen LogP contribution in [0.25, 0.3) is 0 Å². The SMILES string of the molecule is OC(c1ccc(OC2CC2)cc1)C1(O)CCCCCC1. The zero-order valence-electron chi connectivity index (χ0n) is 11.9. The van der Waals surface area contributed by atoms with Gasteiger partial charge in [0.2, 0.25) is 0 Å². The summed E-state index contributed by atoms with van der Waals surface area (Å²) in [5, 5.41) is 21.2. The largest absolute Gasteiger partial charge is 0.490 e. The van der Waals surface area contributed by atoms with E-state index >= 15 is 0 Å². The third kappa shape index (κ3) is 3.15. The molecule has 1 aromatic carbocycles. The number of aliphatic hydroxyl groups is 2. The summed E-state index contributed by atoms with van der Waals surface area (Å²) in [7, 11) is 0. The number of hydrogen-bond acceptors (Lipinski definition) is 3. The van der Waals surface area contributed by atoms with Crippen molar-refractivity contribution in [2.24, 2.45) is 0 Å². The highest BCUT2D eigenvalue weighted by Gasteiger charge is 2.36. The molecule has 0 aromatic heterocycles. The maximum Gasteiger partial charge on any atom is 0.119 e. The lowest BCUT2D eigenvalue weighted by Crippen LogP contribution is -2.35. The Morgan fingerprint density at radius 1 is 1.00 bits per heavy atom. The lowest BCUT2D eigenvalue weighted by atomic mass is 9.84.